The summed E-state index contributed by atoms with van der Waals surface area (Å²) in [5, 5.41) is 4.85. The van der Waals surface area contributed by atoms with Gasteiger partial charge < -0.3 is 9.30 Å². The first-order chi connectivity index (χ1) is 16.5. The van der Waals surface area contributed by atoms with E-state index in [0.29, 0.717) is 18.1 Å². The Bertz CT molecular complexity index is 1300. The van der Waals surface area contributed by atoms with Gasteiger partial charge in [0.25, 0.3) is 0 Å². The molecular formula is C28H26ClN3O2. The van der Waals surface area contributed by atoms with Crippen molar-refractivity contribution in [1.82, 2.24) is 9.99 Å². The molecule has 6 heteroatoms. The standard InChI is InChI=1S/C28H26ClN3O2/c1-20-16-24(18-30-31-28(33)17-22-8-4-3-5-9-22)21(2)32(20)25-12-14-26(15-13-25)34-19-23-10-6-7-11-27(23)29/h3-16,18H,17,19H2,1-2H3,(H,31,33)/b30-18-. The molecule has 5 nitrogen and oxygen atoms in total. The lowest BCUT2D eigenvalue weighted by molar-refractivity contribution is -0.120. The van der Waals surface area contributed by atoms with Crippen LogP contribution in [0.3, 0.4) is 0 Å². The fourth-order valence-corrected chi connectivity index (χ4v) is 3.97. The lowest BCUT2D eigenvalue weighted by atomic mass is 10.1. The predicted molar refractivity (Wildman–Crippen MR) is 137 cm³/mol. The van der Waals surface area contributed by atoms with E-state index in [0.717, 1.165) is 39.5 Å². The maximum atomic E-state index is 12.1. The zero-order chi connectivity index (χ0) is 23.9. The van der Waals surface area contributed by atoms with Crippen molar-refractivity contribution in [2.45, 2.75) is 26.9 Å². The largest absolute Gasteiger partial charge is 0.489 e. The molecule has 1 N–H and O–H groups in total. The van der Waals surface area contributed by atoms with Crippen LogP contribution in [-0.2, 0) is 17.8 Å². The summed E-state index contributed by atoms with van der Waals surface area (Å²) in [6.45, 7) is 4.49. The molecule has 0 aliphatic heterocycles. The van der Waals surface area contributed by atoms with Crippen molar-refractivity contribution in [3.8, 4) is 11.4 Å². The third kappa shape index (κ3) is 5.74. The molecule has 0 aliphatic rings. The molecule has 0 spiro atoms. The van der Waals surface area contributed by atoms with Gasteiger partial charge in [-0.15, -0.1) is 0 Å². The van der Waals surface area contributed by atoms with E-state index >= 15 is 0 Å². The first kappa shape index (κ1) is 23.3. The Morgan fingerprint density at radius 1 is 1.00 bits per heavy atom. The molecule has 4 aromatic rings. The number of halogens is 1. The van der Waals surface area contributed by atoms with Gasteiger partial charge >= 0.3 is 0 Å². The molecule has 0 saturated carbocycles. The van der Waals surface area contributed by atoms with Crippen LogP contribution >= 0.6 is 11.6 Å². The van der Waals surface area contributed by atoms with Crippen LogP contribution in [0, 0.1) is 13.8 Å². The summed E-state index contributed by atoms with van der Waals surface area (Å²) >= 11 is 6.21. The molecule has 1 aromatic heterocycles. The molecule has 172 valence electrons. The molecule has 34 heavy (non-hydrogen) atoms. The van der Waals surface area contributed by atoms with Gasteiger partial charge in [0.15, 0.2) is 0 Å². The fourth-order valence-electron chi connectivity index (χ4n) is 3.78. The summed E-state index contributed by atoms with van der Waals surface area (Å²) in [5.41, 5.74) is 8.57. The van der Waals surface area contributed by atoms with Crippen molar-refractivity contribution in [3.05, 3.63) is 118 Å². The number of nitrogens with zero attached hydrogens (tertiary/aromatic N) is 2. The Hall–Kier alpha value is -3.83. The molecule has 3 aromatic carbocycles. The number of hydrogen-bond donors (Lipinski definition) is 1. The molecule has 0 aliphatic carbocycles. The summed E-state index contributed by atoms with van der Waals surface area (Å²) in [6, 6.07) is 27.2. The Balaban J connectivity index is 1.40. The van der Waals surface area contributed by atoms with Crippen LogP contribution in [0.1, 0.15) is 28.1 Å². The van der Waals surface area contributed by atoms with Crippen LogP contribution in [0.15, 0.2) is 90.0 Å². The van der Waals surface area contributed by atoms with Crippen molar-refractivity contribution in [1.29, 1.82) is 0 Å². The van der Waals surface area contributed by atoms with E-state index in [9.17, 15) is 4.79 Å². The van der Waals surface area contributed by atoms with Crippen LogP contribution in [0.4, 0.5) is 0 Å². The van der Waals surface area contributed by atoms with Crippen molar-refractivity contribution in [2.75, 3.05) is 0 Å². The molecule has 4 rings (SSSR count). The van der Waals surface area contributed by atoms with Gasteiger partial charge in [0, 0.05) is 33.2 Å². The van der Waals surface area contributed by atoms with E-state index in [2.05, 4.69) is 15.1 Å². The minimum Gasteiger partial charge on any atom is -0.489 e. The van der Waals surface area contributed by atoms with Crippen molar-refractivity contribution in [3.63, 3.8) is 0 Å². The smallest absolute Gasteiger partial charge is 0.244 e. The molecule has 0 unspecified atom stereocenters. The third-order valence-corrected chi connectivity index (χ3v) is 5.89. The highest BCUT2D eigenvalue weighted by Crippen LogP contribution is 2.23. The molecule has 0 bridgehead atoms. The maximum Gasteiger partial charge on any atom is 0.244 e. The number of rotatable bonds is 8. The second kappa shape index (κ2) is 10.9. The average Bonchev–Trinajstić information content (AvgIpc) is 3.12. The lowest BCUT2D eigenvalue weighted by Crippen LogP contribution is -2.19. The molecular weight excluding hydrogens is 446 g/mol. The number of aromatic nitrogens is 1. The number of amides is 1. The van der Waals surface area contributed by atoms with Crippen LogP contribution in [-0.4, -0.2) is 16.7 Å². The SMILES string of the molecule is Cc1cc(/C=N\NC(=O)Cc2ccccc2)c(C)n1-c1ccc(OCc2ccccc2Cl)cc1. The van der Waals surface area contributed by atoms with E-state index in [1.165, 1.54) is 0 Å². The summed E-state index contributed by atoms with van der Waals surface area (Å²) in [4.78, 5) is 12.1. The zero-order valence-electron chi connectivity index (χ0n) is 19.2. The van der Waals surface area contributed by atoms with Gasteiger partial charge in [0.2, 0.25) is 5.91 Å². The van der Waals surface area contributed by atoms with Crippen LogP contribution in [0.2, 0.25) is 5.02 Å². The van der Waals surface area contributed by atoms with E-state index in [1.807, 2.05) is 98.8 Å². The van der Waals surface area contributed by atoms with Gasteiger partial charge in [0.05, 0.1) is 12.6 Å². The third-order valence-electron chi connectivity index (χ3n) is 5.52. The van der Waals surface area contributed by atoms with Crippen LogP contribution < -0.4 is 10.2 Å². The number of carbonyl (C=O) groups is 1. The molecule has 1 heterocycles. The topological polar surface area (TPSA) is 55.6 Å². The lowest BCUT2D eigenvalue weighted by Gasteiger charge is -2.12. The number of hydrogen-bond acceptors (Lipinski definition) is 3. The predicted octanol–water partition coefficient (Wildman–Crippen LogP) is 6.02. The maximum absolute atomic E-state index is 12.1. The minimum absolute atomic E-state index is 0.149. The quantitative estimate of drug-likeness (QED) is 0.252. The fraction of sp³-hybridized carbons (Fsp3) is 0.143. The number of aryl methyl sites for hydroxylation is 1. The van der Waals surface area contributed by atoms with Crippen molar-refractivity contribution in [2.24, 2.45) is 5.10 Å². The first-order valence-corrected chi connectivity index (χ1v) is 11.4. The molecule has 0 atom stereocenters. The monoisotopic (exact) mass is 471 g/mol. The van der Waals surface area contributed by atoms with Gasteiger partial charge in [-0.3, -0.25) is 4.79 Å². The second-order valence-electron chi connectivity index (χ2n) is 7.99. The highest BCUT2D eigenvalue weighted by atomic mass is 35.5. The number of hydrazone groups is 1. The summed E-state index contributed by atoms with van der Waals surface area (Å²) in [7, 11) is 0. The van der Waals surface area contributed by atoms with Gasteiger partial charge in [0.1, 0.15) is 12.4 Å². The van der Waals surface area contributed by atoms with Gasteiger partial charge in [-0.05, 0) is 55.8 Å². The average molecular weight is 472 g/mol. The molecule has 1 amide bonds. The molecule has 0 fully saturated rings. The van der Waals surface area contributed by atoms with Gasteiger partial charge in [-0.2, -0.15) is 5.10 Å². The van der Waals surface area contributed by atoms with Crippen molar-refractivity contribution >= 4 is 23.7 Å². The van der Waals surface area contributed by atoms with E-state index in [1.54, 1.807) is 6.21 Å². The van der Waals surface area contributed by atoms with Crippen molar-refractivity contribution < 1.29 is 9.53 Å². The molecule has 0 saturated heterocycles. The Morgan fingerprint density at radius 2 is 1.71 bits per heavy atom. The highest BCUT2D eigenvalue weighted by Gasteiger charge is 2.10. The number of nitrogens with one attached hydrogen (secondary N) is 1. The summed E-state index contributed by atoms with van der Waals surface area (Å²) < 4.78 is 8.04. The summed E-state index contributed by atoms with van der Waals surface area (Å²) in [6.07, 6.45) is 1.98. The normalized spacial score (nSPS) is 11.0. The Kier molecular flexibility index (Phi) is 7.45. The summed E-state index contributed by atoms with van der Waals surface area (Å²) in [5.74, 6) is 0.623. The van der Waals surface area contributed by atoms with E-state index < -0.39 is 0 Å². The highest BCUT2D eigenvalue weighted by molar-refractivity contribution is 6.31. The second-order valence-corrected chi connectivity index (χ2v) is 8.40. The zero-order valence-corrected chi connectivity index (χ0v) is 19.9. The first-order valence-electron chi connectivity index (χ1n) is 11.0. The Labute approximate surface area is 204 Å². The van der Waals surface area contributed by atoms with E-state index in [4.69, 9.17) is 16.3 Å². The Morgan fingerprint density at radius 3 is 2.44 bits per heavy atom. The minimum atomic E-state index is -0.149. The van der Waals surface area contributed by atoms with Gasteiger partial charge in [-0.1, -0.05) is 60.1 Å². The van der Waals surface area contributed by atoms with Gasteiger partial charge in [-0.25, -0.2) is 5.43 Å². The molecule has 0 radical (unpaired) electrons. The number of carbonyl (C=O) groups excluding carboxylic acids is 1. The number of benzene rings is 3. The number of ether oxygens (including phenoxy) is 1. The van der Waals surface area contributed by atoms with E-state index in [-0.39, 0.29) is 5.91 Å². The van der Waals surface area contributed by atoms with Crippen LogP contribution in [0.25, 0.3) is 5.69 Å². The van der Waals surface area contributed by atoms with Crippen LogP contribution in [0.5, 0.6) is 5.75 Å².